The van der Waals surface area contributed by atoms with Gasteiger partial charge in [-0.3, -0.25) is 19.7 Å². The number of para-hydroxylation sites is 2. The molecular weight excluding hydrogens is 458 g/mol. The summed E-state index contributed by atoms with van der Waals surface area (Å²) < 4.78 is 0. The zero-order valence-corrected chi connectivity index (χ0v) is 20.6. The number of likely N-dealkylation sites (N-methyl/N-ethyl adjacent to an activating group) is 1. The van der Waals surface area contributed by atoms with Crippen LogP contribution in [0.3, 0.4) is 0 Å². The van der Waals surface area contributed by atoms with Gasteiger partial charge in [-0.25, -0.2) is 0 Å². The van der Waals surface area contributed by atoms with E-state index in [9.17, 15) is 19.7 Å². The predicted octanol–water partition coefficient (Wildman–Crippen LogP) is 4.46. The van der Waals surface area contributed by atoms with Gasteiger partial charge in [0.05, 0.1) is 21.6 Å². The Hall–Kier alpha value is -4.24. The van der Waals surface area contributed by atoms with E-state index >= 15 is 0 Å². The second-order valence-corrected chi connectivity index (χ2v) is 8.53. The van der Waals surface area contributed by atoms with E-state index in [2.05, 4.69) is 34.4 Å². The Morgan fingerprint density at radius 1 is 1.08 bits per heavy atom. The summed E-state index contributed by atoms with van der Waals surface area (Å²) in [5, 5.41) is 17.7. The molecule has 36 heavy (non-hydrogen) atoms. The van der Waals surface area contributed by atoms with E-state index in [0.29, 0.717) is 52.4 Å². The summed E-state index contributed by atoms with van der Waals surface area (Å²) in [5.41, 5.74) is 3.75. The van der Waals surface area contributed by atoms with Gasteiger partial charge >= 0.3 is 0 Å². The Labute approximate surface area is 209 Å². The number of nitro benzene ring substituents is 1. The smallest absolute Gasteiger partial charge is 0.277 e. The molecule has 9 nitrogen and oxygen atoms in total. The van der Waals surface area contributed by atoms with Gasteiger partial charge in [-0.2, -0.15) is 0 Å². The molecule has 0 fully saturated rings. The van der Waals surface area contributed by atoms with Crippen molar-refractivity contribution in [3.8, 4) is 11.1 Å². The quantitative estimate of drug-likeness (QED) is 0.234. The molecule has 0 atom stereocenters. The van der Waals surface area contributed by atoms with Gasteiger partial charge in [-0.1, -0.05) is 44.2 Å². The molecule has 0 unspecified atom stereocenters. The van der Waals surface area contributed by atoms with Crippen molar-refractivity contribution >= 4 is 34.8 Å². The molecule has 9 heteroatoms. The fourth-order valence-corrected chi connectivity index (χ4v) is 4.55. The number of aryl methyl sites for hydroxylation is 1. The number of H-pyrrole nitrogens is 1. The lowest BCUT2D eigenvalue weighted by atomic mass is 9.96. The van der Waals surface area contributed by atoms with Crippen molar-refractivity contribution in [2.75, 3.05) is 31.5 Å². The third-order valence-electron chi connectivity index (χ3n) is 6.42. The molecule has 3 aromatic rings. The van der Waals surface area contributed by atoms with Crippen molar-refractivity contribution in [2.45, 2.75) is 20.8 Å². The molecule has 4 rings (SSSR count). The number of anilines is 1. The van der Waals surface area contributed by atoms with Gasteiger partial charge in [0.1, 0.15) is 0 Å². The van der Waals surface area contributed by atoms with Gasteiger partial charge < -0.3 is 20.5 Å². The van der Waals surface area contributed by atoms with Crippen LogP contribution in [0.4, 0.5) is 11.4 Å². The Balaban J connectivity index is 1.83. The summed E-state index contributed by atoms with van der Waals surface area (Å²) in [5.74, 6) is -0.604. The molecule has 2 heterocycles. The highest BCUT2D eigenvalue weighted by molar-refractivity contribution is 6.35. The summed E-state index contributed by atoms with van der Waals surface area (Å²) >= 11 is 0. The Morgan fingerprint density at radius 3 is 2.44 bits per heavy atom. The summed E-state index contributed by atoms with van der Waals surface area (Å²) in [4.78, 5) is 43.0. The second kappa shape index (κ2) is 10.6. The number of nitro groups is 1. The van der Waals surface area contributed by atoms with E-state index < -0.39 is 4.92 Å². The molecule has 1 aliphatic heterocycles. The Bertz CT molecular complexity index is 1350. The van der Waals surface area contributed by atoms with Gasteiger partial charge in [0, 0.05) is 47.4 Å². The SMILES string of the molecule is CCN(CC)CCNC(=O)c1c(C)[nH]c(C=C2C(=O)Nc3ccccc32)c1-c1ccccc1[N+](=O)[O-]. The van der Waals surface area contributed by atoms with Gasteiger partial charge in [0.15, 0.2) is 0 Å². The number of aromatic amines is 1. The summed E-state index contributed by atoms with van der Waals surface area (Å²) in [7, 11) is 0. The molecular formula is C27H29N5O4. The standard InChI is InChI=1S/C27H29N5O4/c1-4-31(5-2)15-14-28-27(34)24-17(3)29-22(25(24)19-11-7-9-13-23(19)32(35)36)16-20-18-10-6-8-12-21(18)30-26(20)33/h6-13,16,29H,4-5,14-15H2,1-3H3,(H,28,34)(H,30,33). The van der Waals surface area contributed by atoms with Crippen molar-refractivity contribution in [3.63, 3.8) is 0 Å². The molecule has 0 spiro atoms. The number of aromatic nitrogens is 1. The number of rotatable bonds is 9. The summed E-state index contributed by atoms with van der Waals surface area (Å²) in [6.45, 7) is 8.75. The van der Waals surface area contributed by atoms with Crippen LogP contribution < -0.4 is 10.6 Å². The molecule has 2 aromatic carbocycles. The molecule has 0 aliphatic carbocycles. The average molecular weight is 488 g/mol. The number of benzene rings is 2. The zero-order chi connectivity index (χ0) is 25.8. The minimum Gasteiger partial charge on any atom is -0.358 e. The van der Waals surface area contributed by atoms with E-state index in [1.54, 1.807) is 31.2 Å². The number of carbonyl (C=O) groups is 2. The fourth-order valence-electron chi connectivity index (χ4n) is 4.55. The van der Waals surface area contributed by atoms with Crippen molar-refractivity contribution in [1.82, 2.24) is 15.2 Å². The molecule has 186 valence electrons. The first kappa shape index (κ1) is 24.9. The Kier molecular flexibility index (Phi) is 7.30. The van der Waals surface area contributed by atoms with Crippen LogP contribution in [0.5, 0.6) is 0 Å². The summed E-state index contributed by atoms with van der Waals surface area (Å²) in [6.07, 6.45) is 1.66. The third kappa shape index (κ3) is 4.78. The van der Waals surface area contributed by atoms with Crippen LogP contribution in [0, 0.1) is 17.0 Å². The van der Waals surface area contributed by atoms with Crippen LogP contribution in [0.25, 0.3) is 22.8 Å². The van der Waals surface area contributed by atoms with Crippen LogP contribution in [0.1, 0.15) is 41.2 Å². The highest BCUT2D eigenvalue weighted by Gasteiger charge is 2.29. The first-order valence-electron chi connectivity index (χ1n) is 11.9. The Morgan fingerprint density at radius 2 is 1.75 bits per heavy atom. The van der Waals surface area contributed by atoms with Gasteiger partial charge in [0.25, 0.3) is 17.5 Å². The van der Waals surface area contributed by atoms with Crippen LogP contribution in [0.2, 0.25) is 0 Å². The molecule has 1 aromatic heterocycles. The molecule has 0 radical (unpaired) electrons. The van der Waals surface area contributed by atoms with Crippen molar-refractivity contribution in [2.24, 2.45) is 0 Å². The number of nitrogens with one attached hydrogen (secondary N) is 3. The molecule has 0 bridgehead atoms. The average Bonchev–Trinajstić information content (AvgIpc) is 3.37. The monoisotopic (exact) mass is 487 g/mol. The number of hydrogen-bond donors (Lipinski definition) is 3. The summed E-state index contributed by atoms with van der Waals surface area (Å²) in [6, 6.07) is 13.6. The maximum Gasteiger partial charge on any atom is 0.277 e. The van der Waals surface area contributed by atoms with Gasteiger partial charge in [-0.05, 0) is 38.2 Å². The van der Waals surface area contributed by atoms with E-state index in [1.807, 2.05) is 24.3 Å². The molecule has 0 saturated heterocycles. The van der Waals surface area contributed by atoms with Gasteiger partial charge in [0.2, 0.25) is 0 Å². The predicted molar refractivity (Wildman–Crippen MR) is 141 cm³/mol. The number of hydrogen-bond acceptors (Lipinski definition) is 5. The van der Waals surface area contributed by atoms with Crippen molar-refractivity contribution in [1.29, 1.82) is 0 Å². The van der Waals surface area contributed by atoms with Gasteiger partial charge in [-0.15, -0.1) is 0 Å². The normalized spacial score (nSPS) is 13.7. The highest BCUT2D eigenvalue weighted by Crippen LogP contribution is 2.39. The lowest BCUT2D eigenvalue weighted by molar-refractivity contribution is -0.384. The van der Waals surface area contributed by atoms with Crippen molar-refractivity contribution in [3.05, 3.63) is 81.2 Å². The first-order chi connectivity index (χ1) is 17.3. The third-order valence-corrected chi connectivity index (χ3v) is 6.42. The number of nitrogens with zero attached hydrogens (tertiary/aromatic N) is 2. The van der Waals surface area contributed by atoms with E-state index in [-0.39, 0.29) is 17.5 Å². The largest absolute Gasteiger partial charge is 0.358 e. The minimum absolute atomic E-state index is 0.121. The molecule has 0 saturated carbocycles. The molecule has 3 N–H and O–H groups in total. The van der Waals surface area contributed by atoms with Crippen LogP contribution in [-0.2, 0) is 4.79 Å². The fraction of sp³-hybridized carbons (Fsp3) is 0.259. The van der Waals surface area contributed by atoms with Crippen LogP contribution in [-0.4, -0.2) is 52.8 Å². The molecule has 1 aliphatic rings. The highest BCUT2D eigenvalue weighted by atomic mass is 16.6. The lowest BCUT2D eigenvalue weighted by Crippen LogP contribution is -2.35. The van der Waals surface area contributed by atoms with E-state index in [0.717, 1.165) is 18.7 Å². The lowest BCUT2D eigenvalue weighted by Gasteiger charge is -2.18. The van der Waals surface area contributed by atoms with E-state index in [4.69, 9.17) is 0 Å². The number of amides is 2. The van der Waals surface area contributed by atoms with E-state index in [1.165, 1.54) is 6.07 Å². The molecule has 2 amide bonds. The maximum atomic E-state index is 13.4. The first-order valence-corrected chi connectivity index (χ1v) is 11.9. The van der Waals surface area contributed by atoms with Crippen molar-refractivity contribution < 1.29 is 14.5 Å². The van der Waals surface area contributed by atoms with Crippen LogP contribution >= 0.6 is 0 Å². The maximum absolute atomic E-state index is 13.4. The zero-order valence-electron chi connectivity index (χ0n) is 20.6. The minimum atomic E-state index is -0.464. The number of fused-ring (bicyclic) bond motifs is 1. The second-order valence-electron chi connectivity index (χ2n) is 8.53. The topological polar surface area (TPSA) is 120 Å². The number of carbonyl (C=O) groups excluding carboxylic acids is 2. The van der Waals surface area contributed by atoms with Crippen LogP contribution in [0.15, 0.2) is 48.5 Å².